The van der Waals surface area contributed by atoms with Crippen LogP contribution >= 0.6 is 0 Å². The maximum absolute atomic E-state index is 12.9. The van der Waals surface area contributed by atoms with Gasteiger partial charge >= 0.3 is 11.9 Å². The van der Waals surface area contributed by atoms with E-state index in [2.05, 4.69) is 0 Å². The standard InChI is InChI=1S/C42H44O14/c1-48-33-20-26(9-14-30(33)43)11-17-39(46)54-19-7-8-28-22-36(51-4)42(37(23-28)52-5)56-38(41(53-6)29-13-16-32(45)35(24-29)50-3)25-55-40(47)18-12-27-10-15-31(44)34(21-27)49-2/h7-18,20-24,38,41,43-45H,19,25H2,1-6H3/b8-7+,17-11+,18-12+/t38-,41-/m0/s1. The Labute approximate surface area is 324 Å². The average Bonchev–Trinajstić information content (AvgIpc) is 3.21. The second-order valence-electron chi connectivity index (χ2n) is 11.7. The number of carbonyl (C=O) groups excluding carboxylic acids is 2. The van der Waals surface area contributed by atoms with Gasteiger partial charge in [0.25, 0.3) is 0 Å². The van der Waals surface area contributed by atoms with Crippen molar-refractivity contribution in [2.75, 3.05) is 55.9 Å². The zero-order valence-corrected chi connectivity index (χ0v) is 31.7. The molecule has 0 spiro atoms. The molecule has 0 bridgehead atoms. The van der Waals surface area contributed by atoms with Gasteiger partial charge in [0.15, 0.2) is 52.1 Å². The van der Waals surface area contributed by atoms with Gasteiger partial charge in [-0.1, -0.05) is 24.3 Å². The van der Waals surface area contributed by atoms with E-state index in [9.17, 15) is 24.9 Å². The van der Waals surface area contributed by atoms with E-state index < -0.39 is 24.1 Å². The minimum Gasteiger partial charge on any atom is -0.504 e. The lowest BCUT2D eigenvalue weighted by Gasteiger charge is -2.28. The van der Waals surface area contributed by atoms with Crippen LogP contribution in [-0.2, 0) is 23.8 Å². The monoisotopic (exact) mass is 772 g/mol. The van der Waals surface area contributed by atoms with Crippen LogP contribution in [0.15, 0.2) is 85.0 Å². The van der Waals surface area contributed by atoms with E-state index in [1.807, 2.05) is 0 Å². The van der Waals surface area contributed by atoms with Gasteiger partial charge in [-0.2, -0.15) is 0 Å². The van der Waals surface area contributed by atoms with Crippen molar-refractivity contribution < 1.29 is 67.5 Å². The Balaban J connectivity index is 1.54. The number of esters is 2. The number of phenols is 3. The van der Waals surface area contributed by atoms with Crippen molar-refractivity contribution in [1.82, 2.24) is 0 Å². The molecule has 0 saturated carbocycles. The molecule has 4 aromatic carbocycles. The van der Waals surface area contributed by atoms with E-state index in [0.29, 0.717) is 22.3 Å². The first-order valence-electron chi connectivity index (χ1n) is 17.0. The van der Waals surface area contributed by atoms with Crippen LogP contribution in [0.5, 0.6) is 51.7 Å². The molecule has 3 N–H and O–H groups in total. The maximum Gasteiger partial charge on any atom is 0.331 e. The Kier molecular flexibility index (Phi) is 15.4. The summed E-state index contributed by atoms with van der Waals surface area (Å²) in [7, 11) is 8.61. The summed E-state index contributed by atoms with van der Waals surface area (Å²) in [6, 6.07) is 17.3. The van der Waals surface area contributed by atoms with Crippen LogP contribution in [0.4, 0.5) is 0 Å². The molecule has 0 fully saturated rings. The SMILES string of the molecule is COc1cc(/C=C/C(=O)OC/C=C/c2cc(OC)c(O[C@@H](COC(=O)/C=C/c3ccc(O)c(OC)c3)[C@@H](OC)c3ccc(O)c(OC)c3)c(OC)c2)ccc1O. The summed E-state index contributed by atoms with van der Waals surface area (Å²) in [6.45, 7) is -0.351. The second-order valence-corrected chi connectivity index (χ2v) is 11.7. The van der Waals surface area contributed by atoms with E-state index >= 15 is 0 Å². The molecule has 0 aliphatic rings. The maximum atomic E-state index is 12.9. The summed E-state index contributed by atoms with van der Waals surface area (Å²) in [5.74, 6) is 0.00521. The highest BCUT2D eigenvalue weighted by Gasteiger charge is 2.30. The number of methoxy groups -OCH3 is 6. The number of rotatable bonds is 19. The van der Waals surface area contributed by atoms with Crippen LogP contribution in [0.3, 0.4) is 0 Å². The number of aromatic hydroxyl groups is 3. The molecule has 296 valence electrons. The molecule has 0 aromatic heterocycles. The number of hydrogen-bond acceptors (Lipinski definition) is 14. The van der Waals surface area contributed by atoms with Crippen molar-refractivity contribution in [1.29, 1.82) is 0 Å². The smallest absolute Gasteiger partial charge is 0.331 e. The summed E-state index contributed by atoms with van der Waals surface area (Å²) >= 11 is 0. The molecule has 0 heterocycles. The molecule has 0 aliphatic carbocycles. The first-order chi connectivity index (χ1) is 27.0. The van der Waals surface area contributed by atoms with Gasteiger partial charge in [0.05, 0.1) is 35.5 Å². The third-order valence-electron chi connectivity index (χ3n) is 8.13. The Morgan fingerprint density at radius 3 is 1.54 bits per heavy atom. The minimum absolute atomic E-state index is 0.0149. The molecule has 0 amide bonds. The largest absolute Gasteiger partial charge is 0.504 e. The molecule has 0 aliphatic heterocycles. The fraction of sp³-hybridized carbons (Fsp3) is 0.238. The van der Waals surface area contributed by atoms with Crippen molar-refractivity contribution in [2.24, 2.45) is 0 Å². The van der Waals surface area contributed by atoms with Crippen LogP contribution in [-0.4, -0.2) is 89.2 Å². The van der Waals surface area contributed by atoms with E-state index in [0.717, 1.165) is 0 Å². The van der Waals surface area contributed by atoms with Gasteiger partial charge < -0.3 is 58.0 Å². The van der Waals surface area contributed by atoms with Crippen molar-refractivity contribution in [3.05, 3.63) is 107 Å². The molecule has 14 heteroatoms. The van der Waals surface area contributed by atoms with E-state index in [1.54, 1.807) is 60.7 Å². The quantitative estimate of drug-likeness (QED) is 0.0694. The number of benzene rings is 4. The molecular weight excluding hydrogens is 728 g/mol. The molecule has 0 unspecified atom stereocenters. The number of carbonyl (C=O) groups is 2. The second kappa shape index (κ2) is 20.6. The molecule has 4 rings (SSSR count). The third-order valence-corrected chi connectivity index (χ3v) is 8.13. The molecule has 4 aromatic rings. The van der Waals surface area contributed by atoms with Crippen LogP contribution in [0.1, 0.15) is 28.4 Å². The van der Waals surface area contributed by atoms with Crippen molar-refractivity contribution in [2.45, 2.75) is 12.2 Å². The molecular formula is C42H44O14. The number of hydrogen-bond donors (Lipinski definition) is 3. The van der Waals surface area contributed by atoms with Crippen molar-refractivity contribution in [3.8, 4) is 51.7 Å². The highest BCUT2D eigenvalue weighted by molar-refractivity contribution is 5.88. The van der Waals surface area contributed by atoms with Crippen LogP contribution in [0.25, 0.3) is 18.2 Å². The third kappa shape index (κ3) is 11.4. The zero-order chi connectivity index (χ0) is 40.6. The predicted molar refractivity (Wildman–Crippen MR) is 207 cm³/mol. The summed E-state index contributed by atoms with van der Waals surface area (Å²) in [4.78, 5) is 25.2. The van der Waals surface area contributed by atoms with E-state index in [1.165, 1.54) is 85.2 Å². The van der Waals surface area contributed by atoms with Gasteiger partial charge in [0, 0.05) is 19.3 Å². The summed E-state index contributed by atoms with van der Waals surface area (Å²) in [6.07, 6.45) is 6.99. The number of ether oxygens (including phenoxy) is 9. The lowest BCUT2D eigenvalue weighted by molar-refractivity contribution is -0.143. The van der Waals surface area contributed by atoms with Crippen molar-refractivity contribution >= 4 is 30.2 Å². The van der Waals surface area contributed by atoms with E-state index in [-0.39, 0.29) is 65.0 Å². The molecule has 0 radical (unpaired) electrons. The highest BCUT2D eigenvalue weighted by Crippen LogP contribution is 2.42. The molecule has 0 saturated heterocycles. The van der Waals surface area contributed by atoms with Gasteiger partial charge in [-0.25, -0.2) is 9.59 Å². The Hall–Kier alpha value is -6.80. The van der Waals surface area contributed by atoms with Crippen LogP contribution in [0.2, 0.25) is 0 Å². The fourth-order valence-corrected chi connectivity index (χ4v) is 5.32. The van der Waals surface area contributed by atoms with Gasteiger partial charge in [0.1, 0.15) is 19.3 Å². The lowest BCUT2D eigenvalue weighted by Crippen LogP contribution is -2.33. The number of phenolic OH excluding ortho intramolecular Hbond substituents is 3. The first-order valence-corrected chi connectivity index (χ1v) is 17.0. The van der Waals surface area contributed by atoms with Gasteiger partial charge in [0.2, 0.25) is 5.75 Å². The Morgan fingerprint density at radius 2 is 1.04 bits per heavy atom. The normalized spacial score (nSPS) is 12.3. The van der Waals surface area contributed by atoms with Gasteiger partial charge in [-0.15, -0.1) is 0 Å². The van der Waals surface area contributed by atoms with Gasteiger partial charge in [-0.05, 0) is 89.0 Å². The minimum atomic E-state index is -1.00. The topological polar surface area (TPSA) is 178 Å². The summed E-state index contributed by atoms with van der Waals surface area (Å²) in [5, 5.41) is 29.9. The van der Waals surface area contributed by atoms with Gasteiger partial charge in [-0.3, -0.25) is 0 Å². The first kappa shape index (κ1) is 41.9. The average molecular weight is 773 g/mol. The van der Waals surface area contributed by atoms with Crippen LogP contribution < -0.4 is 28.4 Å². The summed E-state index contributed by atoms with van der Waals surface area (Å²) in [5.41, 5.74) is 2.39. The van der Waals surface area contributed by atoms with E-state index in [4.69, 9.17) is 42.6 Å². The highest BCUT2D eigenvalue weighted by atomic mass is 16.6. The lowest BCUT2D eigenvalue weighted by atomic mass is 10.0. The van der Waals surface area contributed by atoms with Crippen molar-refractivity contribution in [3.63, 3.8) is 0 Å². The zero-order valence-electron chi connectivity index (χ0n) is 31.7. The molecule has 56 heavy (non-hydrogen) atoms. The summed E-state index contributed by atoms with van der Waals surface area (Å²) < 4.78 is 50.1. The fourth-order valence-electron chi connectivity index (χ4n) is 5.32. The molecule has 14 nitrogen and oxygen atoms in total. The Bertz CT molecular complexity index is 2030. The van der Waals surface area contributed by atoms with Crippen LogP contribution in [0, 0.1) is 0 Å². The molecule has 2 atom stereocenters. The Morgan fingerprint density at radius 1 is 0.571 bits per heavy atom. The predicted octanol–water partition coefficient (Wildman–Crippen LogP) is 6.51.